The number of aliphatic imine (C=N–C) groups is 1. The molecule has 156 valence electrons. The quantitative estimate of drug-likeness (QED) is 0.371. The molecule has 0 saturated heterocycles. The summed E-state index contributed by atoms with van der Waals surface area (Å²) in [5.41, 5.74) is 6.38. The van der Waals surface area contributed by atoms with E-state index in [1.165, 1.54) is 37.8 Å². The summed E-state index contributed by atoms with van der Waals surface area (Å²) in [7, 11) is 3.12. The maximum absolute atomic E-state index is 12.4. The molecule has 1 aromatic carbocycles. The number of benzene rings is 1. The second kappa shape index (κ2) is 10.2. The summed E-state index contributed by atoms with van der Waals surface area (Å²) in [4.78, 5) is 44.7. The number of aryl methyl sites for hydroxylation is 2. The van der Waals surface area contributed by atoms with Crippen LogP contribution in [-0.2, 0) is 11.8 Å². The first-order valence-electron chi connectivity index (χ1n) is 8.72. The molecule has 30 heavy (non-hydrogen) atoms. The monoisotopic (exact) mass is 428 g/mol. The number of nitrogens with one attached hydrogen (secondary N) is 3. The molecule has 1 heterocycles. The third-order valence-electron chi connectivity index (χ3n) is 4.03. The third kappa shape index (κ3) is 5.65. The fourth-order valence-electron chi connectivity index (χ4n) is 2.33. The van der Waals surface area contributed by atoms with Gasteiger partial charge in [0.1, 0.15) is 11.4 Å². The zero-order valence-corrected chi connectivity index (χ0v) is 17.4. The van der Waals surface area contributed by atoms with Gasteiger partial charge >= 0.3 is 0 Å². The average molecular weight is 429 g/mol. The molecule has 2 rings (SSSR count). The van der Waals surface area contributed by atoms with E-state index >= 15 is 0 Å². The van der Waals surface area contributed by atoms with Crippen molar-refractivity contribution >= 4 is 40.7 Å². The maximum Gasteiger partial charge on any atom is 0.287 e. The Hall–Kier alpha value is -3.72. The number of hydrogen-bond donors (Lipinski definition) is 3. The summed E-state index contributed by atoms with van der Waals surface area (Å²) in [6, 6.07) is 4.76. The van der Waals surface area contributed by atoms with Gasteiger partial charge in [-0.1, -0.05) is 30.3 Å². The van der Waals surface area contributed by atoms with E-state index in [1.54, 1.807) is 30.7 Å². The summed E-state index contributed by atoms with van der Waals surface area (Å²) in [5.74, 6) is -1.59. The lowest BCUT2D eigenvalue weighted by Crippen LogP contribution is -2.44. The van der Waals surface area contributed by atoms with Crippen LogP contribution in [0.15, 0.2) is 59.5 Å². The van der Waals surface area contributed by atoms with Crippen molar-refractivity contribution in [3.8, 4) is 0 Å². The Balaban J connectivity index is 2.09. The van der Waals surface area contributed by atoms with Gasteiger partial charge in [0.2, 0.25) is 0 Å². The highest BCUT2D eigenvalue weighted by Crippen LogP contribution is 2.18. The number of halogens is 1. The number of allylic oxidation sites excluding steroid dienone is 2. The summed E-state index contributed by atoms with van der Waals surface area (Å²) in [6.45, 7) is 5.28. The number of carbonyl (C=O) groups excluding carboxylic acids is 3. The van der Waals surface area contributed by atoms with Crippen molar-refractivity contribution in [2.75, 3.05) is 12.4 Å². The van der Waals surface area contributed by atoms with Crippen LogP contribution in [-0.4, -0.2) is 40.0 Å². The van der Waals surface area contributed by atoms with Crippen molar-refractivity contribution in [2.24, 2.45) is 12.0 Å². The van der Waals surface area contributed by atoms with Crippen LogP contribution in [0.1, 0.15) is 26.4 Å². The minimum atomic E-state index is -0.650. The van der Waals surface area contributed by atoms with Crippen LogP contribution in [0.25, 0.3) is 0 Å². The molecular weight excluding hydrogens is 408 g/mol. The van der Waals surface area contributed by atoms with Crippen molar-refractivity contribution in [3.05, 3.63) is 71.3 Å². The molecule has 0 atom stereocenters. The first-order valence-corrected chi connectivity index (χ1v) is 9.10. The lowest BCUT2D eigenvalue weighted by Gasteiger charge is -2.12. The molecule has 0 radical (unpaired) electrons. The molecule has 0 aliphatic rings. The van der Waals surface area contributed by atoms with Gasteiger partial charge in [-0.2, -0.15) is 0 Å². The molecule has 0 saturated carbocycles. The van der Waals surface area contributed by atoms with Gasteiger partial charge in [-0.3, -0.25) is 30.2 Å². The predicted molar refractivity (Wildman–Crippen MR) is 115 cm³/mol. The number of imidazole rings is 1. The Labute approximate surface area is 178 Å². The molecule has 10 heteroatoms. The van der Waals surface area contributed by atoms with Crippen LogP contribution >= 0.6 is 11.6 Å². The van der Waals surface area contributed by atoms with E-state index in [0.29, 0.717) is 11.4 Å². The van der Waals surface area contributed by atoms with Gasteiger partial charge in [-0.05, 0) is 30.7 Å². The Morgan fingerprint density at radius 2 is 1.97 bits per heavy atom. The standard InChI is InChI=1S/C20H21ClN6O3/c1-5-14(21)9-16(22-3)19(29)26-25-18(28)13-7-6-12(2)15(8-13)24-20(30)17-10-23-11-27(17)4/h5-11H,1H2,2-4H3,(H,24,30)(H,25,28)(H,26,29)/b14-9+,22-16?. The number of nitrogens with zero attached hydrogens (tertiary/aromatic N) is 3. The lowest BCUT2D eigenvalue weighted by molar-refractivity contribution is -0.115. The molecule has 3 N–H and O–H groups in total. The summed E-state index contributed by atoms with van der Waals surface area (Å²) in [5, 5.41) is 2.98. The zero-order chi connectivity index (χ0) is 22.3. The lowest BCUT2D eigenvalue weighted by atomic mass is 10.1. The highest BCUT2D eigenvalue weighted by Gasteiger charge is 2.15. The van der Waals surface area contributed by atoms with Crippen LogP contribution in [0.2, 0.25) is 0 Å². The van der Waals surface area contributed by atoms with Gasteiger partial charge in [-0.25, -0.2) is 4.98 Å². The minimum Gasteiger partial charge on any atom is -0.330 e. The number of rotatable bonds is 6. The number of hydrogen-bond acceptors (Lipinski definition) is 5. The van der Waals surface area contributed by atoms with Crippen LogP contribution in [0.5, 0.6) is 0 Å². The SMILES string of the molecule is C=C/C(Cl)=C\C(=NC)C(=O)NNC(=O)c1ccc(C)c(NC(=O)c2cncn2C)c1. The Kier molecular flexibility index (Phi) is 7.65. The van der Waals surface area contributed by atoms with E-state index in [0.717, 1.165) is 5.56 Å². The first-order chi connectivity index (χ1) is 14.3. The number of amides is 3. The molecule has 0 fully saturated rings. The van der Waals surface area contributed by atoms with Crippen LogP contribution < -0.4 is 16.2 Å². The molecular formula is C20H21ClN6O3. The fourth-order valence-corrected chi connectivity index (χ4v) is 2.43. The molecule has 0 unspecified atom stereocenters. The smallest absolute Gasteiger partial charge is 0.287 e. The van der Waals surface area contributed by atoms with Gasteiger partial charge in [0.15, 0.2) is 0 Å². The highest BCUT2D eigenvalue weighted by molar-refractivity contribution is 6.46. The fraction of sp³-hybridized carbons (Fsp3) is 0.150. The number of anilines is 1. The molecule has 9 nitrogen and oxygen atoms in total. The first kappa shape index (κ1) is 22.6. The van der Waals surface area contributed by atoms with Crippen LogP contribution in [0.4, 0.5) is 5.69 Å². The largest absolute Gasteiger partial charge is 0.330 e. The van der Waals surface area contributed by atoms with E-state index in [4.69, 9.17) is 11.6 Å². The van der Waals surface area contributed by atoms with Gasteiger partial charge in [0, 0.05) is 30.4 Å². The number of hydrazine groups is 1. The van der Waals surface area contributed by atoms with Crippen molar-refractivity contribution < 1.29 is 14.4 Å². The van der Waals surface area contributed by atoms with E-state index in [1.807, 2.05) is 0 Å². The van der Waals surface area contributed by atoms with Crippen LogP contribution in [0.3, 0.4) is 0 Å². The van der Waals surface area contributed by atoms with Gasteiger partial charge in [0.25, 0.3) is 17.7 Å². The van der Waals surface area contributed by atoms with E-state index in [-0.39, 0.29) is 22.2 Å². The topological polar surface area (TPSA) is 117 Å². The second-order valence-electron chi connectivity index (χ2n) is 6.12. The van der Waals surface area contributed by atoms with Crippen molar-refractivity contribution in [1.82, 2.24) is 20.4 Å². The molecule has 1 aromatic heterocycles. The van der Waals surface area contributed by atoms with E-state index < -0.39 is 11.8 Å². The molecule has 0 spiro atoms. The maximum atomic E-state index is 12.4. The summed E-state index contributed by atoms with van der Waals surface area (Å²) >= 11 is 5.82. The Bertz CT molecular complexity index is 1050. The predicted octanol–water partition coefficient (Wildman–Crippen LogP) is 2.12. The minimum absolute atomic E-state index is 0.00763. The third-order valence-corrected chi connectivity index (χ3v) is 4.29. The number of carbonyl (C=O) groups is 3. The Morgan fingerprint density at radius 1 is 1.23 bits per heavy atom. The van der Waals surface area contributed by atoms with E-state index in [2.05, 4.69) is 32.7 Å². The number of aromatic nitrogens is 2. The molecule has 3 amide bonds. The Morgan fingerprint density at radius 3 is 2.57 bits per heavy atom. The molecule has 0 aliphatic heterocycles. The molecule has 0 bridgehead atoms. The van der Waals surface area contributed by atoms with Gasteiger partial charge < -0.3 is 9.88 Å². The average Bonchev–Trinajstić information content (AvgIpc) is 3.17. The molecule has 0 aliphatic carbocycles. The zero-order valence-electron chi connectivity index (χ0n) is 16.7. The van der Waals surface area contributed by atoms with Crippen molar-refractivity contribution in [3.63, 3.8) is 0 Å². The van der Waals surface area contributed by atoms with Crippen molar-refractivity contribution in [2.45, 2.75) is 6.92 Å². The highest BCUT2D eigenvalue weighted by atomic mass is 35.5. The van der Waals surface area contributed by atoms with Crippen molar-refractivity contribution in [1.29, 1.82) is 0 Å². The normalized spacial score (nSPS) is 11.6. The summed E-state index contributed by atoms with van der Waals surface area (Å²) in [6.07, 6.45) is 5.62. The second-order valence-corrected chi connectivity index (χ2v) is 6.56. The molecule has 2 aromatic rings. The van der Waals surface area contributed by atoms with Gasteiger partial charge in [0.05, 0.1) is 12.5 Å². The van der Waals surface area contributed by atoms with E-state index in [9.17, 15) is 14.4 Å². The van der Waals surface area contributed by atoms with Gasteiger partial charge in [-0.15, -0.1) is 0 Å². The summed E-state index contributed by atoms with van der Waals surface area (Å²) < 4.78 is 1.58. The van der Waals surface area contributed by atoms with Crippen LogP contribution in [0, 0.1) is 6.92 Å².